The molecule has 0 radical (unpaired) electrons. The second-order valence-electron chi connectivity index (χ2n) is 3.94. The van der Waals surface area contributed by atoms with E-state index in [0.717, 1.165) is 17.9 Å². The topological polar surface area (TPSA) is 52.3 Å². The summed E-state index contributed by atoms with van der Waals surface area (Å²) in [4.78, 5) is 11.4. The Labute approximate surface area is 107 Å². The first-order chi connectivity index (χ1) is 8.11. The van der Waals surface area contributed by atoms with Crippen molar-refractivity contribution in [3.05, 3.63) is 29.8 Å². The number of hydrogen-bond donors (Lipinski definition) is 1. The molecule has 0 amide bonds. The maximum Gasteiger partial charge on any atom is 0.316 e. The van der Waals surface area contributed by atoms with Gasteiger partial charge in [0.05, 0.1) is 11.9 Å². The minimum Gasteiger partial charge on any atom is -0.462 e. The first-order valence-electron chi connectivity index (χ1n) is 5.73. The highest BCUT2D eigenvalue weighted by atomic mass is 32.2. The molecule has 2 N–H and O–H groups in total. The lowest BCUT2D eigenvalue weighted by atomic mass is 10.2. The largest absolute Gasteiger partial charge is 0.462 e. The molecule has 0 fully saturated rings. The minimum atomic E-state index is -0.139. The summed E-state index contributed by atoms with van der Waals surface area (Å²) in [6.45, 7) is 3.90. The fraction of sp³-hybridized carbons (Fsp3) is 0.462. The fourth-order valence-corrected chi connectivity index (χ4v) is 1.97. The van der Waals surface area contributed by atoms with Crippen LogP contribution >= 0.6 is 11.8 Å². The van der Waals surface area contributed by atoms with Crippen LogP contribution in [-0.2, 0) is 15.3 Å². The lowest BCUT2D eigenvalue weighted by Crippen LogP contribution is -2.15. The van der Waals surface area contributed by atoms with Crippen LogP contribution in [0, 0.1) is 0 Å². The van der Waals surface area contributed by atoms with Crippen molar-refractivity contribution in [2.75, 3.05) is 11.5 Å². The van der Waals surface area contributed by atoms with Crippen LogP contribution in [0.1, 0.15) is 25.8 Å². The van der Waals surface area contributed by atoms with Gasteiger partial charge in [0.1, 0.15) is 0 Å². The first-order valence-corrected chi connectivity index (χ1v) is 6.89. The third-order valence-electron chi connectivity index (χ3n) is 2.38. The smallest absolute Gasteiger partial charge is 0.316 e. The Kier molecular flexibility index (Phi) is 5.91. The van der Waals surface area contributed by atoms with Crippen molar-refractivity contribution in [1.29, 1.82) is 0 Å². The number of carbonyl (C=O) groups is 1. The van der Waals surface area contributed by atoms with Crippen molar-refractivity contribution >= 4 is 23.4 Å². The molecule has 1 aromatic carbocycles. The van der Waals surface area contributed by atoms with E-state index in [1.54, 1.807) is 11.8 Å². The summed E-state index contributed by atoms with van der Waals surface area (Å²) in [5.74, 6) is 1.06. The minimum absolute atomic E-state index is 0.0135. The molecule has 0 aliphatic carbocycles. The standard InChI is InChI=1S/C13H19NO2S/c1-3-10(2)16-13(15)9-17-8-11-4-6-12(14)7-5-11/h4-7,10H,3,8-9,14H2,1-2H3. The first kappa shape index (κ1) is 13.9. The van der Waals surface area contributed by atoms with Crippen LogP contribution in [0.3, 0.4) is 0 Å². The van der Waals surface area contributed by atoms with E-state index in [1.807, 2.05) is 38.1 Å². The highest BCUT2D eigenvalue weighted by Crippen LogP contribution is 2.14. The average Bonchev–Trinajstić information content (AvgIpc) is 2.31. The van der Waals surface area contributed by atoms with E-state index >= 15 is 0 Å². The van der Waals surface area contributed by atoms with Gasteiger partial charge in [0.25, 0.3) is 0 Å². The number of hydrogen-bond acceptors (Lipinski definition) is 4. The van der Waals surface area contributed by atoms with Gasteiger partial charge in [-0.1, -0.05) is 19.1 Å². The summed E-state index contributed by atoms with van der Waals surface area (Å²) in [5.41, 5.74) is 7.52. The van der Waals surface area contributed by atoms with Crippen molar-refractivity contribution in [2.24, 2.45) is 0 Å². The number of ether oxygens (including phenoxy) is 1. The van der Waals surface area contributed by atoms with Crippen molar-refractivity contribution in [3.63, 3.8) is 0 Å². The van der Waals surface area contributed by atoms with Crippen molar-refractivity contribution in [2.45, 2.75) is 32.1 Å². The van der Waals surface area contributed by atoms with Gasteiger partial charge in [0.2, 0.25) is 0 Å². The van der Waals surface area contributed by atoms with Gasteiger partial charge in [-0.2, -0.15) is 0 Å². The van der Waals surface area contributed by atoms with Gasteiger partial charge in [-0.25, -0.2) is 0 Å². The van der Waals surface area contributed by atoms with E-state index in [9.17, 15) is 4.79 Å². The number of thioether (sulfide) groups is 1. The predicted molar refractivity (Wildman–Crippen MR) is 72.9 cm³/mol. The van der Waals surface area contributed by atoms with Crippen LogP contribution in [0.4, 0.5) is 5.69 Å². The molecule has 1 rings (SSSR count). The number of nitrogens with two attached hydrogens (primary N) is 1. The monoisotopic (exact) mass is 253 g/mol. The zero-order valence-corrected chi connectivity index (χ0v) is 11.1. The molecular formula is C13H19NO2S. The third-order valence-corrected chi connectivity index (χ3v) is 3.35. The molecule has 0 aliphatic heterocycles. The van der Waals surface area contributed by atoms with Gasteiger partial charge < -0.3 is 10.5 Å². The molecule has 1 unspecified atom stereocenters. The van der Waals surface area contributed by atoms with E-state index in [4.69, 9.17) is 10.5 Å². The molecule has 3 nitrogen and oxygen atoms in total. The van der Waals surface area contributed by atoms with Crippen LogP contribution in [-0.4, -0.2) is 17.8 Å². The van der Waals surface area contributed by atoms with Crippen molar-refractivity contribution < 1.29 is 9.53 Å². The highest BCUT2D eigenvalue weighted by molar-refractivity contribution is 7.99. The second-order valence-corrected chi connectivity index (χ2v) is 4.93. The molecule has 0 aliphatic rings. The number of esters is 1. The number of benzene rings is 1. The van der Waals surface area contributed by atoms with Crippen molar-refractivity contribution in [1.82, 2.24) is 0 Å². The predicted octanol–water partition coefficient (Wildman–Crippen LogP) is 2.84. The average molecular weight is 253 g/mol. The van der Waals surface area contributed by atoms with E-state index < -0.39 is 0 Å². The molecule has 0 saturated heterocycles. The molecule has 94 valence electrons. The number of carbonyl (C=O) groups excluding carboxylic acids is 1. The Morgan fingerprint density at radius 1 is 1.41 bits per heavy atom. The fourth-order valence-electron chi connectivity index (χ4n) is 1.21. The van der Waals surface area contributed by atoms with Crippen LogP contribution in [0.2, 0.25) is 0 Å². The molecule has 4 heteroatoms. The van der Waals surface area contributed by atoms with Gasteiger partial charge in [0, 0.05) is 11.4 Å². The maximum atomic E-state index is 11.4. The summed E-state index contributed by atoms with van der Waals surface area (Å²) in [5, 5.41) is 0. The maximum absolute atomic E-state index is 11.4. The number of rotatable bonds is 6. The van der Waals surface area contributed by atoms with Crippen LogP contribution in [0.25, 0.3) is 0 Å². The Hall–Kier alpha value is -1.16. The second kappa shape index (κ2) is 7.22. The Balaban J connectivity index is 2.23. The van der Waals surface area contributed by atoms with Gasteiger partial charge in [0.15, 0.2) is 0 Å². The van der Waals surface area contributed by atoms with Gasteiger partial charge in [-0.15, -0.1) is 11.8 Å². The van der Waals surface area contributed by atoms with E-state index in [2.05, 4.69) is 0 Å². The molecule has 17 heavy (non-hydrogen) atoms. The molecule has 0 bridgehead atoms. The Bertz CT molecular complexity index is 351. The molecule has 1 aromatic rings. The SMILES string of the molecule is CCC(C)OC(=O)CSCc1ccc(N)cc1. The van der Waals surface area contributed by atoms with E-state index in [0.29, 0.717) is 5.75 Å². The van der Waals surface area contributed by atoms with Gasteiger partial charge >= 0.3 is 5.97 Å². The molecule has 0 spiro atoms. The highest BCUT2D eigenvalue weighted by Gasteiger charge is 2.07. The lowest BCUT2D eigenvalue weighted by Gasteiger charge is -2.10. The normalized spacial score (nSPS) is 12.1. The number of nitrogen functional groups attached to an aromatic ring is 1. The van der Waals surface area contributed by atoms with Crippen LogP contribution in [0.5, 0.6) is 0 Å². The van der Waals surface area contributed by atoms with Crippen LogP contribution < -0.4 is 5.73 Å². The Morgan fingerprint density at radius 2 is 2.06 bits per heavy atom. The summed E-state index contributed by atoms with van der Waals surface area (Å²) in [6.07, 6.45) is 0.869. The lowest BCUT2D eigenvalue weighted by molar-refractivity contribution is -0.144. The zero-order chi connectivity index (χ0) is 12.7. The summed E-state index contributed by atoms with van der Waals surface area (Å²) in [7, 11) is 0. The third kappa shape index (κ3) is 5.63. The van der Waals surface area contributed by atoms with E-state index in [1.165, 1.54) is 5.56 Å². The van der Waals surface area contributed by atoms with Crippen molar-refractivity contribution in [3.8, 4) is 0 Å². The molecule has 0 heterocycles. The summed E-state index contributed by atoms with van der Waals surface area (Å²) < 4.78 is 5.18. The van der Waals surface area contributed by atoms with Gasteiger partial charge in [-0.3, -0.25) is 4.79 Å². The summed E-state index contributed by atoms with van der Waals surface area (Å²) in [6, 6.07) is 7.69. The molecule has 1 atom stereocenters. The molecular weight excluding hydrogens is 234 g/mol. The molecule has 0 saturated carbocycles. The van der Waals surface area contributed by atoms with Gasteiger partial charge in [-0.05, 0) is 31.0 Å². The van der Waals surface area contributed by atoms with E-state index in [-0.39, 0.29) is 12.1 Å². The summed E-state index contributed by atoms with van der Waals surface area (Å²) >= 11 is 1.56. The van der Waals surface area contributed by atoms with Crippen LogP contribution in [0.15, 0.2) is 24.3 Å². The number of anilines is 1. The Morgan fingerprint density at radius 3 is 2.65 bits per heavy atom. The quantitative estimate of drug-likeness (QED) is 0.625. The molecule has 0 aromatic heterocycles. The zero-order valence-electron chi connectivity index (χ0n) is 10.3.